The molecule has 0 radical (unpaired) electrons. The zero-order valence-electron chi connectivity index (χ0n) is 11.0. The first kappa shape index (κ1) is 15.6. The van der Waals surface area contributed by atoms with Gasteiger partial charge < -0.3 is 5.73 Å². The highest BCUT2D eigenvalue weighted by Gasteiger charge is 2.28. The fourth-order valence-corrected chi connectivity index (χ4v) is 3.09. The summed E-state index contributed by atoms with van der Waals surface area (Å²) >= 11 is 0. The van der Waals surface area contributed by atoms with E-state index in [-0.39, 0.29) is 5.92 Å². The quantitative estimate of drug-likeness (QED) is 0.844. The maximum Gasteiger partial charge on any atom is 0.244 e. The van der Waals surface area contributed by atoms with Crippen LogP contribution in [0, 0.1) is 18.7 Å². The van der Waals surface area contributed by atoms with E-state index in [4.69, 9.17) is 5.73 Å². The van der Waals surface area contributed by atoms with Crippen molar-refractivity contribution in [3.8, 4) is 0 Å². The molecule has 19 heavy (non-hydrogen) atoms. The molecular weight excluding hydrogens is 271 g/mol. The van der Waals surface area contributed by atoms with Crippen molar-refractivity contribution in [1.29, 1.82) is 0 Å². The second-order valence-corrected chi connectivity index (χ2v) is 6.36. The lowest BCUT2D eigenvalue weighted by Gasteiger charge is -2.19. The highest BCUT2D eigenvalue weighted by Crippen LogP contribution is 2.17. The van der Waals surface area contributed by atoms with E-state index in [0.29, 0.717) is 5.56 Å². The molecule has 106 valence electrons. The molecule has 1 aromatic rings. The molecule has 0 bridgehead atoms. The van der Waals surface area contributed by atoms with E-state index in [9.17, 15) is 17.6 Å². The molecule has 0 heterocycles. The van der Waals surface area contributed by atoms with Crippen molar-refractivity contribution in [2.24, 2.45) is 11.7 Å². The zero-order valence-corrected chi connectivity index (χ0v) is 11.8. The molecule has 0 fully saturated rings. The van der Waals surface area contributed by atoms with Crippen molar-refractivity contribution in [1.82, 2.24) is 4.72 Å². The Morgan fingerprint density at radius 3 is 2.42 bits per heavy atom. The van der Waals surface area contributed by atoms with Gasteiger partial charge in [0, 0.05) is 0 Å². The standard InChI is InChI=1S/C12H17FN2O3S/c1-7(2)11(12(14)16)15-19(17,18)10-6-8(3)4-5-9(10)13/h4-7,11,15H,1-3H3,(H2,14,16). The molecule has 0 spiro atoms. The Hall–Kier alpha value is -1.47. The monoisotopic (exact) mass is 288 g/mol. The lowest BCUT2D eigenvalue weighted by molar-refractivity contribution is -0.120. The number of hydrogen-bond acceptors (Lipinski definition) is 3. The Kier molecular flexibility index (Phi) is 4.65. The van der Waals surface area contributed by atoms with Gasteiger partial charge in [-0.05, 0) is 30.5 Å². The largest absolute Gasteiger partial charge is 0.368 e. The number of nitrogens with one attached hydrogen (secondary N) is 1. The minimum Gasteiger partial charge on any atom is -0.368 e. The molecule has 0 aromatic heterocycles. The van der Waals surface area contributed by atoms with Crippen molar-refractivity contribution in [3.05, 3.63) is 29.6 Å². The van der Waals surface area contributed by atoms with Crippen LogP contribution in [0.4, 0.5) is 4.39 Å². The van der Waals surface area contributed by atoms with Crippen molar-refractivity contribution >= 4 is 15.9 Å². The van der Waals surface area contributed by atoms with Crippen LogP contribution in [0.15, 0.2) is 23.1 Å². The average molecular weight is 288 g/mol. The molecule has 0 aliphatic heterocycles. The fourth-order valence-electron chi connectivity index (χ4n) is 1.57. The molecule has 1 aromatic carbocycles. The fraction of sp³-hybridized carbons (Fsp3) is 0.417. The van der Waals surface area contributed by atoms with Crippen LogP contribution in [0.1, 0.15) is 19.4 Å². The zero-order chi connectivity index (χ0) is 14.8. The summed E-state index contributed by atoms with van der Waals surface area (Å²) in [6.45, 7) is 4.93. The Morgan fingerprint density at radius 1 is 1.37 bits per heavy atom. The van der Waals surface area contributed by atoms with Gasteiger partial charge in [-0.1, -0.05) is 19.9 Å². The predicted octanol–water partition coefficient (Wildman–Crippen LogP) is 0.922. The van der Waals surface area contributed by atoms with E-state index in [0.717, 1.165) is 6.07 Å². The van der Waals surface area contributed by atoms with Crippen molar-refractivity contribution in [3.63, 3.8) is 0 Å². The van der Waals surface area contributed by atoms with Gasteiger partial charge in [0.15, 0.2) is 0 Å². The third kappa shape index (κ3) is 3.74. The van der Waals surface area contributed by atoms with Crippen LogP contribution in [0.25, 0.3) is 0 Å². The number of benzene rings is 1. The van der Waals surface area contributed by atoms with E-state index in [1.54, 1.807) is 20.8 Å². The summed E-state index contributed by atoms with van der Waals surface area (Å²) in [5.74, 6) is -2.00. The van der Waals surface area contributed by atoms with Gasteiger partial charge in [-0.25, -0.2) is 12.8 Å². The molecule has 0 aliphatic carbocycles. The first-order chi connectivity index (χ1) is 8.65. The van der Waals surface area contributed by atoms with Crippen molar-refractivity contribution in [2.45, 2.75) is 31.7 Å². The minimum atomic E-state index is -4.13. The van der Waals surface area contributed by atoms with E-state index in [1.807, 2.05) is 0 Å². The molecule has 0 aliphatic rings. The minimum absolute atomic E-state index is 0.333. The number of nitrogens with two attached hydrogens (primary N) is 1. The van der Waals surface area contributed by atoms with Gasteiger partial charge in [-0.15, -0.1) is 0 Å². The maximum absolute atomic E-state index is 13.6. The number of amides is 1. The average Bonchev–Trinajstić information content (AvgIpc) is 2.28. The lowest BCUT2D eigenvalue weighted by Crippen LogP contribution is -2.47. The van der Waals surface area contributed by atoms with Crippen LogP contribution in [0.2, 0.25) is 0 Å². The van der Waals surface area contributed by atoms with Crippen LogP contribution in [-0.2, 0) is 14.8 Å². The topological polar surface area (TPSA) is 89.3 Å². The normalized spacial score (nSPS) is 13.5. The molecule has 5 nitrogen and oxygen atoms in total. The molecule has 1 amide bonds. The maximum atomic E-state index is 13.6. The second-order valence-electron chi connectivity index (χ2n) is 4.68. The highest BCUT2D eigenvalue weighted by atomic mass is 32.2. The van der Waals surface area contributed by atoms with E-state index >= 15 is 0 Å². The van der Waals surface area contributed by atoms with Gasteiger partial charge in [0.25, 0.3) is 0 Å². The van der Waals surface area contributed by atoms with Crippen LogP contribution in [0.3, 0.4) is 0 Å². The van der Waals surface area contributed by atoms with E-state index in [1.165, 1.54) is 12.1 Å². The van der Waals surface area contributed by atoms with Crippen LogP contribution in [-0.4, -0.2) is 20.4 Å². The Morgan fingerprint density at radius 2 is 1.95 bits per heavy atom. The molecule has 7 heteroatoms. The summed E-state index contributed by atoms with van der Waals surface area (Å²) in [6, 6.07) is 2.65. The number of primary amides is 1. The molecule has 0 saturated heterocycles. The number of carbonyl (C=O) groups is 1. The van der Waals surface area contributed by atoms with Gasteiger partial charge in [0.05, 0.1) is 0 Å². The molecule has 1 unspecified atom stereocenters. The van der Waals surface area contributed by atoms with Gasteiger partial charge in [-0.2, -0.15) is 4.72 Å². The van der Waals surface area contributed by atoms with Crippen LogP contribution in [0.5, 0.6) is 0 Å². The Labute approximate surface area is 112 Å². The highest BCUT2D eigenvalue weighted by molar-refractivity contribution is 7.89. The molecular formula is C12H17FN2O3S. The third-order valence-electron chi connectivity index (χ3n) is 2.63. The number of carbonyl (C=O) groups excluding carboxylic acids is 1. The summed E-state index contributed by atoms with van der Waals surface area (Å²) in [5.41, 5.74) is 5.73. The van der Waals surface area contributed by atoms with Crippen molar-refractivity contribution in [2.75, 3.05) is 0 Å². The lowest BCUT2D eigenvalue weighted by atomic mass is 10.1. The third-order valence-corrected chi connectivity index (χ3v) is 4.09. The van der Waals surface area contributed by atoms with Gasteiger partial charge >= 0.3 is 0 Å². The summed E-state index contributed by atoms with van der Waals surface area (Å²) in [7, 11) is -4.13. The number of halogens is 1. The van der Waals surface area contributed by atoms with Crippen LogP contribution < -0.4 is 10.5 Å². The Bertz CT molecular complexity index is 585. The number of sulfonamides is 1. The first-order valence-corrected chi connectivity index (χ1v) is 7.21. The molecule has 0 saturated carbocycles. The summed E-state index contributed by atoms with van der Waals surface area (Å²) in [5, 5.41) is 0. The van der Waals surface area contributed by atoms with Crippen molar-refractivity contribution < 1.29 is 17.6 Å². The van der Waals surface area contributed by atoms with E-state index < -0.39 is 32.7 Å². The van der Waals surface area contributed by atoms with E-state index in [2.05, 4.69) is 4.72 Å². The molecule has 1 atom stereocenters. The first-order valence-electron chi connectivity index (χ1n) is 5.73. The number of hydrogen-bond donors (Lipinski definition) is 2. The summed E-state index contributed by atoms with van der Waals surface area (Å²) in [6.07, 6.45) is 0. The SMILES string of the molecule is Cc1ccc(F)c(S(=O)(=O)NC(C(N)=O)C(C)C)c1. The van der Waals surface area contributed by atoms with Gasteiger partial charge in [-0.3, -0.25) is 4.79 Å². The predicted molar refractivity (Wildman–Crippen MR) is 69.3 cm³/mol. The van der Waals surface area contributed by atoms with Crippen LogP contribution >= 0.6 is 0 Å². The molecule has 3 N–H and O–H groups in total. The molecule has 1 rings (SSSR count). The second kappa shape index (κ2) is 5.66. The summed E-state index contributed by atoms with van der Waals surface area (Å²) < 4.78 is 39.8. The van der Waals surface area contributed by atoms with Gasteiger partial charge in [0.2, 0.25) is 15.9 Å². The number of rotatable bonds is 5. The van der Waals surface area contributed by atoms with Gasteiger partial charge in [0.1, 0.15) is 16.8 Å². The smallest absolute Gasteiger partial charge is 0.244 e. The number of aryl methyl sites for hydroxylation is 1. The summed E-state index contributed by atoms with van der Waals surface area (Å²) in [4.78, 5) is 10.7. The Balaban J connectivity index is 3.17.